The summed E-state index contributed by atoms with van der Waals surface area (Å²) < 4.78 is 0. The van der Waals surface area contributed by atoms with E-state index in [9.17, 15) is 9.90 Å². The number of phenolic OH excluding ortho intramolecular Hbond substituents is 1. The lowest BCUT2D eigenvalue weighted by molar-refractivity contribution is -0.117. The Bertz CT molecular complexity index is 552. The first-order valence-corrected chi connectivity index (χ1v) is 6.35. The maximum absolute atomic E-state index is 11.9. The van der Waals surface area contributed by atoms with Gasteiger partial charge in [-0.2, -0.15) is 0 Å². The minimum atomic E-state index is -0.687. The second kappa shape index (κ2) is 5.20. The minimum Gasteiger partial charge on any atom is -0.508 e. The van der Waals surface area contributed by atoms with Crippen molar-refractivity contribution < 1.29 is 9.90 Å². The van der Waals surface area contributed by atoms with Gasteiger partial charge in [0.25, 0.3) is 0 Å². The molecule has 1 atom stereocenters. The Labute approximate surface area is 109 Å². The van der Waals surface area contributed by atoms with E-state index in [1.807, 2.05) is 17.5 Å². The molecule has 18 heavy (non-hydrogen) atoms. The van der Waals surface area contributed by atoms with Gasteiger partial charge in [0.1, 0.15) is 11.8 Å². The SMILES string of the molecule is Cc1ccc(NC(=O)C(N)c2cccs2)cc1O. The molecule has 1 unspecified atom stereocenters. The Hall–Kier alpha value is -1.85. The second-order valence-electron chi connectivity index (χ2n) is 3.98. The topological polar surface area (TPSA) is 75.4 Å². The summed E-state index contributed by atoms with van der Waals surface area (Å²) in [5.74, 6) is -0.141. The zero-order chi connectivity index (χ0) is 13.1. The van der Waals surface area contributed by atoms with Crippen LogP contribution in [0.1, 0.15) is 16.5 Å². The third-order valence-corrected chi connectivity index (χ3v) is 3.56. The van der Waals surface area contributed by atoms with Crippen LogP contribution in [0.25, 0.3) is 0 Å². The molecular weight excluding hydrogens is 248 g/mol. The Balaban J connectivity index is 2.09. The standard InChI is InChI=1S/C13H14N2O2S/c1-8-4-5-9(7-10(8)16)15-13(17)12(14)11-3-2-6-18-11/h2-7,12,16H,14H2,1H3,(H,15,17). The van der Waals surface area contributed by atoms with Crippen LogP contribution >= 0.6 is 11.3 Å². The van der Waals surface area contributed by atoms with E-state index in [-0.39, 0.29) is 11.7 Å². The molecule has 0 aliphatic carbocycles. The molecule has 2 rings (SSSR count). The van der Waals surface area contributed by atoms with Crippen LogP contribution in [0, 0.1) is 6.92 Å². The van der Waals surface area contributed by atoms with Gasteiger partial charge in [0.2, 0.25) is 5.91 Å². The molecule has 0 aliphatic heterocycles. The van der Waals surface area contributed by atoms with Gasteiger partial charge in [-0.15, -0.1) is 11.3 Å². The highest BCUT2D eigenvalue weighted by atomic mass is 32.1. The van der Waals surface area contributed by atoms with Crippen LogP contribution in [-0.4, -0.2) is 11.0 Å². The largest absolute Gasteiger partial charge is 0.508 e. The maximum Gasteiger partial charge on any atom is 0.246 e. The van der Waals surface area contributed by atoms with Gasteiger partial charge in [0.15, 0.2) is 0 Å². The zero-order valence-electron chi connectivity index (χ0n) is 9.88. The van der Waals surface area contributed by atoms with Crippen molar-refractivity contribution in [3.05, 3.63) is 46.2 Å². The zero-order valence-corrected chi connectivity index (χ0v) is 10.7. The van der Waals surface area contributed by atoms with Crippen LogP contribution in [0.15, 0.2) is 35.7 Å². The first-order chi connectivity index (χ1) is 8.58. The van der Waals surface area contributed by atoms with Gasteiger partial charge in [-0.1, -0.05) is 12.1 Å². The third kappa shape index (κ3) is 2.69. The Morgan fingerprint density at radius 2 is 2.22 bits per heavy atom. The molecule has 0 fully saturated rings. The van der Waals surface area contributed by atoms with Gasteiger partial charge < -0.3 is 16.2 Å². The average molecular weight is 262 g/mol. The highest BCUT2D eigenvalue weighted by Crippen LogP contribution is 2.23. The molecule has 2 aromatic rings. The summed E-state index contributed by atoms with van der Waals surface area (Å²) in [5.41, 5.74) is 7.13. The van der Waals surface area contributed by atoms with E-state index in [0.29, 0.717) is 5.69 Å². The number of amides is 1. The third-order valence-electron chi connectivity index (χ3n) is 2.61. The van der Waals surface area contributed by atoms with E-state index in [1.165, 1.54) is 17.4 Å². The predicted octanol–water partition coefficient (Wildman–Crippen LogP) is 2.40. The van der Waals surface area contributed by atoms with Crippen LogP contribution in [0.5, 0.6) is 5.75 Å². The number of thiophene rings is 1. The number of carbonyl (C=O) groups excluding carboxylic acids is 1. The van der Waals surface area contributed by atoms with Crippen molar-refractivity contribution >= 4 is 22.9 Å². The lowest BCUT2D eigenvalue weighted by Gasteiger charge is -2.11. The molecule has 0 saturated heterocycles. The van der Waals surface area contributed by atoms with Crippen molar-refractivity contribution in [2.45, 2.75) is 13.0 Å². The minimum absolute atomic E-state index is 0.150. The summed E-state index contributed by atoms with van der Waals surface area (Å²) in [6.07, 6.45) is 0. The van der Waals surface area contributed by atoms with Gasteiger partial charge in [-0.25, -0.2) is 0 Å². The number of hydrogen-bond donors (Lipinski definition) is 3. The van der Waals surface area contributed by atoms with Crippen LogP contribution in [0.3, 0.4) is 0 Å². The van der Waals surface area contributed by atoms with Crippen molar-refractivity contribution in [2.24, 2.45) is 5.73 Å². The number of carbonyl (C=O) groups is 1. The molecule has 1 heterocycles. The van der Waals surface area contributed by atoms with Crippen LogP contribution < -0.4 is 11.1 Å². The fourth-order valence-electron chi connectivity index (χ4n) is 1.50. The van der Waals surface area contributed by atoms with Crippen molar-refractivity contribution in [3.8, 4) is 5.75 Å². The van der Waals surface area contributed by atoms with Crippen molar-refractivity contribution in [1.82, 2.24) is 0 Å². The Kier molecular flexibility index (Phi) is 3.64. The molecule has 5 heteroatoms. The maximum atomic E-state index is 11.9. The monoisotopic (exact) mass is 262 g/mol. The van der Waals surface area contributed by atoms with Gasteiger partial charge in [-0.3, -0.25) is 4.79 Å². The summed E-state index contributed by atoms with van der Waals surface area (Å²) in [4.78, 5) is 12.7. The molecule has 0 bridgehead atoms. The highest BCUT2D eigenvalue weighted by molar-refractivity contribution is 7.10. The van der Waals surface area contributed by atoms with Crippen molar-refractivity contribution in [2.75, 3.05) is 5.32 Å². The number of nitrogens with two attached hydrogens (primary N) is 1. The van der Waals surface area contributed by atoms with Gasteiger partial charge in [0, 0.05) is 16.6 Å². The van der Waals surface area contributed by atoms with E-state index in [2.05, 4.69) is 5.32 Å². The van der Waals surface area contributed by atoms with Crippen molar-refractivity contribution in [3.63, 3.8) is 0 Å². The van der Waals surface area contributed by atoms with E-state index < -0.39 is 6.04 Å². The lowest BCUT2D eigenvalue weighted by atomic mass is 10.2. The summed E-state index contributed by atoms with van der Waals surface area (Å²) in [6.45, 7) is 1.79. The van der Waals surface area contributed by atoms with Crippen LogP contribution in [-0.2, 0) is 4.79 Å². The van der Waals surface area contributed by atoms with Gasteiger partial charge in [-0.05, 0) is 30.0 Å². The number of aryl methyl sites for hydroxylation is 1. The molecule has 4 nitrogen and oxygen atoms in total. The van der Waals surface area contributed by atoms with Gasteiger partial charge in [0.05, 0.1) is 0 Å². The Morgan fingerprint density at radius 1 is 1.44 bits per heavy atom. The van der Waals surface area contributed by atoms with E-state index in [0.717, 1.165) is 10.4 Å². The number of rotatable bonds is 3. The fourth-order valence-corrected chi connectivity index (χ4v) is 2.23. The number of hydrogen-bond acceptors (Lipinski definition) is 4. The molecule has 1 aromatic heterocycles. The molecular formula is C13H14N2O2S. The van der Waals surface area contributed by atoms with Crippen molar-refractivity contribution in [1.29, 1.82) is 0 Å². The number of nitrogens with one attached hydrogen (secondary N) is 1. The van der Waals surface area contributed by atoms with Crippen LogP contribution in [0.2, 0.25) is 0 Å². The predicted molar refractivity (Wildman–Crippen MR) is 72.7 cm³/mol. The van der Waals surface area contributed by atoms with E-state index in [1.54, 1.807) is 19.1 Å². The van der Waals surface area contributed by atoms with Crippen LogP contribution in [0.4, 0.5) is 5.69 Å². The molecule has 1 aromatic carbocycles. The fraction of sp³-hybridized carbons (Fsp3) is 0.154. The summed E-state index contributed by atoms with van der Waals surface area (Å²) in [5, 5.41) is 14.1. The molecule has 4 N–H and O–H groups in total. The molecule has 0 aliphatic rings. The first-order valence-electron chi connectivity index (χ1n) is 5.47. The van der Waals surface area contributed by atoms with E-state index in [4.69, 9.17) is 5.73 Å². The molecule has 0 spiro atoms. The normalized spacial score (nSPS) is 12.1. The van der Waals surface area contributed by atoms with E-state index >= 15 is 0 Å². The second-order valence-corrected chi connectivity index (χ2v) is 4.96. The summed E-state index contributed by atoms with van der Waals surface area (Å²) >= 11 is 1.44. The summed E-state index contributed by atoms with van der Waals surface area (Å²) in [6, 6.07) is 7.96. The highest BCUT2D eigenvalue weighted by Gasteiger charge is 2.16. The summed E-state index contributed by atoms with van der Waals surface area (Å²) in [7, 11) is 0. The average Bonchev–Trinajstić information content (AvgIpc) is 2.86. The lowest BCUT2D eigenvalue weighted by Crippen LogP contribution is -2.26. The smallest absolute Gasteiger partial charge is 0.246 e. The molecule has 0 radical (unpaired) electrons. The molecule has 94 valence electrons. The number of phenols is 1. The quantitative estimate of drug-likeness (QED) is 0.795. The Morgan fingerprint density at radius 3 is 2.83 bits per heavy atom. The molecule has 1 amide bonds. The first kappa shape index (κ1) is 12.6. The number of anilines is 1. The van der Waals surface area contributed by atoms with Gasteiger partial charge >= 0.3 is 0 Å². The number of benzene rings is 1. The number of aromatic hydroxyl groups is 1. The molecule has 0 saturated carbocycles.